The van der Waals surface area contributed by atoms with Crippen LogP contribution in [0, 0.1) is 0 Å². The van der Waals surface area contributed by atoms with Crippen molar-refractivity contribution in [3.8, 4) is 0 Å². The summed E-state index contributed by atoms with van der Waals surface area (Å²) >= 11 is 0. The molecule has 0 N–H and O–H groups in total. The molecule has 1 rings (SSSR count). The van der Waals surface area contributed by atoms with E-state index >= 15 is 0 Å². The van der Waals surface area contributed by atoms with Crippen LogP contribution in [0.2, 0.25) is 0 Å². The summed E-state index contributed by atoms with van der Waals surface area (Å²) < 4.78 is 4.92. The molecule has 3 nitrogen and oxygen atoms in total. The van der Waals surface area contributed by atoms with Gasteiger partial charge < -0.3 is 4.74 Å². The van der Waals surface area contributed by atoms with Gasteiger partial charge in [-0.25, -0.2) is 0 Å². The molecule has 0 saturated carbocycles. The predicted molar refractivity (Wildman–Crippen MR) is 34.6 cm³/mol. The summed E-state index contributed by atoms with van der Waals surface area (Å²) in [6.45, 7) is 1.68. The summed E-state index contributed by atoms with van der Waals surface area (Å²) in [4.78, 5) is 21.2. The maximum atomic E-state index is 10.8. The summed E-state index contributed by atoms with van der Waals surface area (Å²) in [6.07, 6.45) is 3.68. The summed E-state index contributed by atoms with van der Waals surface area (Å²) in [5.74, 6) is -0.267. The second-order valence-corrected chi connectivity index (χ2v) is 2.18. The molecule has 0 aromatic heterocycles. The molecule has 1 atom stereocenters. The number of aldehydes is 1. The van der Waals surface area contributed by atoms with Crippen LogP contribution in [0.3, 0.4) is 0 Å². The molecule has 3 heteroatoms. The second kappa shape index (κ2) is 2.34. The first-order chi connectivity index (χ1) is 4.71. The smallest absolute Gasteiger partial charge is 0.199 e. The molecule has 0 saturated heterocycles. The van der Waals surface area contributed by atoms with Gasteiger partial charge in [-0.2, -0.15) is 0 Å². The molecular formula is C7H8O3. The van der Waals surface area contributed by atoms with Crippen LogP contribution in [-0.4, -0.2) is 24.3 Å². The predicted octanol–water partition coefficient (Wildman–Crippen LogP) is 0.0995. The Labute approximate surface area is 58.7 Å². The van der Waals surface area contributed by atoms with Gasteiger partial charge in [-0.05, 0) is 13.0 Å². The summed E-state index contributed by atoms with van der Waals surface area (Å²) in [5, 5.41) is 0. The topological polar surface area (TPSA) is 43.4 Å². The van der Waals surface area contributed by atoms with E-state index in [-0.39, 0.29) is 5.78 Å². The highest BCUT2D eigenvalue weighted by Gasteiger charge is 2.35. The Morgan fingerprint density at radius 2 is 2.50 bits per heavy atom. The number of ether oxygens (including phenoxy) is 1. The van der Waals surface area contributed by atoms with E-state index in [1.165, 1.54) is 13.0 Å². The van der Waals surface area contributed by atoms with Gasteiger partial charge in [0.2, 0.25) is 0 Å². The van der Waals surface area contributed by atoms with Crippen molar-refractivity contribution >= 4 is 12.1 Å². The maximum Gasteiger partial charge on any atom is 0.199 e. The van der Waals surface area contributed by atoms with Crippen LogP contribution < -0.4 is 0 Å². The standard InChI is InChI=1S/C7H8O3/c1-6(9)7(5-8)3-2-4-10-7/h2-3,5H,4H2,1H3. The van der Waals surface area contributed by atoms with Crippen LogP contribution in [0.15, 0.2) is 12.2 Å². The molecule has 0 aromatic carbocycles. The Kier molecular flexibility index (Phi) is 1.68. The summed E-state index contributed by atoms with van der Waals surface area (Å²) in [7, 11) is 0. The lowest BCUT2D eigenvalue weighted by Crippen LogP contribution is -2.37. The first-order valence-corrected chi connectivity index (χ1v) is 3.00. The number of hydrogen-bond acceptors (Lipinski definition) is 3. The lowest BCUT2D eigenvalue weighted by molar-refractivity contribution is -0.140. The van der Waals surface area contributed by atoms with Crippen LogP contribution in [0.4, 0.5) is 0 Å². The SMILES string of the molecule is CC(=O)C1(C=O)C=CCO1. The fraction of sp³-hybridized carbons (Fsp3) is 0.429. The molecule has 10 heavy (non-hydrogen) atoms. The van der Waals surface area contributed by atoms with Gasteiger partial charge in [0.15, 0.2) is 17.7 Å². The van der Waals surface area contributed by atoms with Crippen LogP contribution in [0.5, 0.6) is 0 Å². The van der Waals surface area contributed by atoms with E-state index in [1.807, 2.05) is 0 Å². The Morgan fingerprint density at radius 3 is 2.70 bits per heavy atom. The van der Waals surface area contributed by atoms with Crippen molar-refractivity contribution < 1.29 is 14.3 Å². The number of Topliss-reactive ketones (excluding diaryl/α,β-unsaturated/α-hetero) is 1. The average Bonchev–Trinajstić information content (AvgIpc) is 2.35. The molecule has 1 heterocycles. The third kappa shape index (κ3) is 0.885. The highest BCUT2D eigenvalue weighted by Crippen LogP contribution is 2.16. The monoisotopic (exact) mass is 140 g/mol. The van der Waals surface area contributed by atoms with Crippen LogP contribution in [0.25, 0.3) is 0 Å². The molecule has 0 aromatic rings. The molecule has 1 unspecified atom stereocenters. The Morgan fingerprint density at radius 1 is 1.80 bits per heavy atom. The molecule has 0 amide bonds. The van der Waals surface area contributed by atoms with Crippen molar-refractivity contribution in [2.75, 3.05) is 6.61 Å². The zero-order valence-electron chi connectivity index (χ0n) is 5.66. The summed E-state index contributed by atoms with van der Waals surface area (Å²) in [5.41, 5.74) is -1.26. The first-order valence-electron chi connectivity index (χ1n) is 3.00. The Hall–Kier alpha value is -0.960. The zero-order chi connectivity index (χ0) is 7.61. The van der Waals surface area contributed by atoms with Gasteiger partial charge >= 0.3 is 0 Å². The fourth-order valence-corrected chi connectivity index (χ4v) is 0.833. The lowest BCUT2D eigenvalue weighted by Gasteiger charge is -2.14. The van der Waals surface area contributed by atoms with Crippen molar-refractivity contribution in [3.05, 3.63) is 12.2 Å². The molecule has 0 bridgehead atoms. The molecule has 0 spiro atoms. The highest BCUT2D eigenvalue weighted by atomic mass is 16.5. The molecule has 1 aliphatic heterocycles. The maximum absolute atomic E-state index is 10.8. The molecule has 0 aliphatic carbocycles. The first kappa shape index (κ1) is 7.15. The van der Waals surface area contributed by atoms with E-state index in [9.17, 15) is 9.59 Å². The van der Waals surface area contributed by atoms with E-state index in [2.05, 4.69) is 0 Å². The minimum absolute atomic E-state index is 0.267. The van der Waals surface area contributed by atoms with Crippen LogP contribution in [-0.2, 0) is 14.3 Å². The second-order valence-electron chi connectivity index (χ2n) is 2.18. The average molecular weight is 140 g/mol. The number of rotatable bonds is 2. The van der Waals surface area contributed by atoms with Gasteiger partial charge in [0.25, 0.3) is 0 Å². The van der Waals surface area contributed by atoms with Crippen molar-refractivity contribution in [1.82, 2.24) is 0 Å². The van der Waals surface area contributed by atoms with Gasteiger partial charge in [0, 0.05) is 0 Å². The molecular weight excluding hydrogens is 132 g/mol. The third-order valence-corrected chi connectivity index (χ3v) is 1.51. The van der Waals surface area contributed by atoms with Crippen molar-refractivity contribution in [3.63, 3.8) is 0 Å². The normalized spacial score (nSPS) is 30.5. The number of carbonyl (C=O) groups is 2. The van der Waals surface area contributed by atoms with Crippen LogP contribution in [0.1, 0.15) is 6.92 Å². The van der Waals surface area contributed by atoms with Gasteiger partial charge in [0.05, 0.1) is 6.61 Å². The summed E-state index contributed by atoms with van der Waals surface area (Å²) in [6, 6.07) is 0. The van der Waals surface area contributed by atoms with E-state index in [0.29, 0.717) is 12.9 Å². The Bertz CT molecular complexity index is 195. The van der Waals surface area contributed by atoms with Gasteiger partial charge in [-0.1, -0.05) is 6.08 Å². The van der Waals surface area contributed by atoms with Gasteiger partial charge in [0.1, 0.15) is 0 Å². The van der Waals surface area contributed by atoms with Gasteiger partial charge in [-0.3, -0.25) is 9.59 Å². The minimum Gasteiger partial charge on any atom is -0.352 e. The van der Waals surface area contributed by atoms with Crippen molar-refractivity contribution in [2.45, 2.75) is 12.5 Å². The van der Waals surface area contributed by atoms with E-state index in [1.54, 1.807) is 6.08 Å². The number of ketones is 1. The van der Waals surface area contributed by atoms with Crippen molar-refractivity contribution in [1.29, 1.82) is 0 Å². The molecule has 0 radical (unpaired) electrons. The highest BCUT2D eigenvalue weighted by molar-refractivity contribution is 6.03. The molecule has 0 fully saturated rings. The molecule has 54 valence electrons. The Balaban J connectivity index is 2.88. The minimum atomic E-state index is -1.26. The van der Waals surface area contributed by atoms with Gasteiger partial charge in [-0.15, -0.1) is 0 Å². The number of carbonyl (C=O) groups excluding carboxylic acids is 2. The largest absolute Gasteiger partial charge is 0.352 e. The van der Waals surface area contributed by atoms with Crippen molar-refractivity contribution in [2.24, 2.45) is 0 Å². The quantitative estimate of drug-likeness (QED) is 0.310. The van der Waals surface area contributed by atoms with E-state index < -0.39 is 5.60 Å². The fourth-order valence-electron chi connectivity index (χ4n) is 0.833. The van der Waals surface area contributed by atoms with E-state index in [0.717, 1.165) is 0 Å². The van der Waals surface area contributed by atoms with Crippen LogP contribution >= 0.6 is 0 Å². The van der Waals surface area contributed by atoms with E-state index in [4.69, 9.17) is 4.74 Å². The number of hydrogen-bond donors (Lipinski definition) is 0. The zero-order valence-corrected chi connectivity index (χ0v) is 5.66. The molecule has 1 aliphatic rings. The third-order valence-electron chi connectivity index (χ3n) is 1.51. The lowest BCUT2D eigenvalue weighted by atomic mass is 10.0.